The quantitative estimate of drug-likeness (QED) is 0.892. The molecule has 1 aromatic carbocycles. The number of rotatable bonds is 2. The van der Waals surface area contributed by atoms with E-state index >= 15 is 0 Å². The van der Waals surface area contributed by atoms with Gasteiger partial charge in [0.2, 0.25) is 0 Å². The number of nitrogens with zero attached hydrogens (tertiary/aromatic N) is 2. The van der Waals surface area contributed by atoms with E-state index in [1.807, 2.05) is 37.4 Å². The number of aliphatic hydroxyl groups is 1. The molecule has 0 bridgehead atoms. The van der Waals surface area contributed by atoms with Crippen LogP contribution in [0.15, 0.2) is 36.5 Å². The van der Waals surface area contributed by atoms with Crippen LogP contribution in [0.25, 0.3) is 10.9 Å². The van der Waals surface area contributed by atoms with Crippen molar-refractivity contribution in [3.8, 4) is 0 Å². The van der Waals surface area contributed by atoms with Crippen molar-refractivity contribution in [2.24, 2.45) is 0 Å². The van der Waals surface area contributed by atoms with Crippen LogP contribution in [-0.4, -0.2) is 42.0 Å². The molecule has 19 heavy (non-hydrogen) atoms. The van der Waals surface area contributed by atoms with E-state index in [1.165, 1.54) is 5.69 Å². The first-order valence-electron chi connectivity index (χ1n) is 6.63. The topological polar surface area (TPSA) is 45.6 Å². The summed E-state index contributed by atoms with van der Waals surface area (Å²) >= 11 is 0. The number of para-hydroxylation sites is 1. The Morgan fingerprint density at radius 2 is 2.16 bits per heavy atom. The zero-order valence-electron chi connectivity index (χ0n) is 11.0. The normalized spacial score (nSPS) is 23.8. The van der Waals surface area contributed by atoms with Crippen LogP contribution in [0.2, 0.25) is 0 Å². The van der Waals surface area contributed by atoms with E-state index < -0.39 is 0 Å². The van der Waals surface area contributed by atoms with Gasteiger partial charge in [-0.3, -0.25) is 4.98 Å². The second-order valence-electron chi connectivity index (χ2n) is 5.00. The van der Waals surface area contributed by atoms with E-state index in [0.717, 1.165) is 24.0 Å². The number of morpholine rings is 1. The molecule has 0 aliphatic carbocycles. The Labute approximate surface area is 112 Å². The van der Waals surface area contributed by atoms with E-state index in [-0.39, 0.29) is 18.8 Å². The average Bonchev–Trinajstić information content (AvgIpc) is 2.46. The highest BCUT2D eigenvalue weighted by Crippen LogP contribution is 2.27. The van der Waals surface area contributed by atoms with Crippen molar-refractivity contribution in [1.29, 1.82) is 0 Å². The molecule has 0 radical (unpaired) electrons. The zero-order chi connectivity index (χ0) is 13.2. The van der Waals surface area contributed by atoms with E-state index in [2.05, 4.69) is 16.0 Å². The molecule has 100 valence electrons. The van der Waals surface area contributed by atoms with Gasteiger partial charge in [-0.15, -0.1) is 0 Å². The lowest BCUT2D eigenvalue weighted by atomic mass is 10.1. The number of aromatic nitrogens is 1. The Hall–Kier alpha value is -1.65. The summed E-state index contributed by atoms with van der Waals surface area (Å²) in [6, 6.07) is 10.2. The van der Waals surface area contributed by atoms with Crippen LogP contribution in [0.1, 0.15) is 6.92 Å². The van der Waals surface area contributed by atoms with Crippen LogP contribution < -0.4 is 4.90 Å². The summed E-state index contributed by atoms with van der Waals surface area (Å²) in [4.78, 5) is 6.66. The summed E-state index contributed by atoms with van der Waals surface area (Å²) in [5.41, 5.74) is 2.17. The summed E-state index contributed by atoms with van der Waals surface area (Å²) in [5, 5.41) is 10.5. The predicted octanol–water partition coefficient (Wildman–Crippen LogP) is 1.82. The van der Waals surface area contributed by atoms with Crippen molar-refractivity contribution in [3.63, 3.8) is 0 Å². The number of hydrogen-bond acceptors (Lipinski definition) is 4. The lowest BCUT2D eigenvalue weighted by Crippen LogP contribution is -2.48. The monoisotopic (exact) mass is 258 g/mol. The van der Waals surface area contributed by atoms with Gasteiger partial charge in [-0.05, 0) is 19.1 Å². The second-order valence-corrected chi connectivity index (χ2v) is 5.00. The number of pyridine rings is 1. The van der Waals surface area contributed by atoms with E-state index in [1.54, 1.807) is 0 Å². The van der Waals surface area contributed by atoms with Crippen molar-refractivity contribution in [2.75, 3.05) is 24.6 Å². The molecule has 0 amide bonds. The summed E-state index contributed by atoms with van der Waals surface area (Å²) in [6.07, 6.45) is 1.85. The Morgan fingerprint density at radius 1 is 1.32 bits per heavy atom. The SMILES string of the molecule is CC1CN(c2ccnc3ccccc23)CC(CO)O1. The standard InChI is InChI=1S/C15H18N2O2/c1-11-8-17(9-12(10-18)19-11)15-6-7-16-14-5-3-2-4-13(14)15/h2-7,11-12,18H,8-10H2,1H3. The van der Waals surface area contributed by atoms with Crippen LogP contribution in [0.4, 0.5) is 5.69 Å². The van der Waals surface area contributed by atoms with Gasteiger partial charge in [-0.1, -0.05) is 18.2 Å². The molecule has 2 heterocycles. The number of ether oxygens (including phenoxy) is 1. The number of aliphatic hydroxyl groups excluding tert-OH is 1. The summed E-state index contributed by atoms with van der Waals surface area (Å²) in [7, 11) is 0. The molecule has 2 atom stereocenters. The fourth-order valence-electron chi connectivity index (χ4n) is 2.70. The first-order valence-corrected chi connectivity index (χ1v) is 6.63. The Morgan fingerprint density at radius 3 is 3.00 bits per heavy atom. The van der Waals surface area contributed by atoms with Crippen molar-refractivity contribution >= 4 is 16.6 Å². The van der Waals surface area contributed by atoms with Gasteiger partial charge < -0.3 is 14.7 Å². The highest BCUT2D eigenvalue weighted by atomic mass is 16.5. The highest BCUT2D eigenvalue weighted by molar-refractivity contribution is 5.91. The molecule has 4 heteroatoms. The van der Waals surface area contributed by atoms with Gasteiger partial charge in [0.1, 0.15) is 0 Å². The lowest BCUT2D eigenvalue weighted by Gasteiger charge is -2.38. The molecular formula is C15H18N2O2. The third-order valence-corrected chi connectivity index (χ3v) is 3.50. The molecule has 1 saturated heterocycles. The van der Waals surface area contributed by atoms with Crippen LogP contribution >= 0.6 is 0 Å². The van der Waals surface area contributed by atoms with Crippen molar-refractivity contribution < 1.29 is 9.84 Å². The summed E-state index contributed by atoms with van der Waals surface area (Å²) in [6.45, 7) is 3.65. The third kappa shape index (κ3) is 2.41. The van der Waals surface area contributed by atoms with E-state index in [4.69, 9.17) is 4.74 Å². The van der Waals surface area contributed by atoms with Crippen LogP contribution in [-0.2, 0) is 4.74 Å². The zero-order valence-corrected chi connectivity index (χ0v) is 11.0. The van der Waals surface area contributed by atoms with Gasteiger partial charge in [0.15, 0.2) is 0 Å². The Balaban J connectivity index is 1.99. The molecule has 1 aliphatic rings. The maximum atomic E-state index is 9.32. The van der Waals surface area contributed by atoms with Crippen molar-refractivity contribution in [2.45, 2.75) is 19.1 Å². The molecule has 1 aliphatic heterocycles. The molecule has 0 saturated carbocycles. The fraction of sp³-hybridized carbons (Fsp3) is 0.400. The minimum Gasteiger partial charge on any atom is -0.394 e. The molecule has 1 aromatic heterocycles. The number of fused-ring (bicyclic) bond motifs is 1. The molecule has 1 N–H and O–H groups in total. The third-order valence-electron chi connectivity index (χ3n) is 3.50. The molecule has 1 fully saturated rings. The van der Waals surface area contributed by atoms with Crippen LogP contribution in [0.5, 0.6) is 0 Å². The van der Waals surface area contributed by atoms with E-state index in [9.17, 15) is 5.11 Å². The van der Waals surface area contributed by atoms with Gasteiger partial charge in [0.05, 0.1) is 24.3 Å². The van der Waals surface area contributed by atoms with Crippen LogP contribution in [0, 0.1) is 0 Å². The lowest BCUT2D eigenvalue weighted by molar-refractivity contribution is -0.0420. The molecular weight excluding hydrogens is 240 g/mol. The average molecular weight is 258 g/mol. The minimum atomic E-state index is -0.115. The maximum Gasteiger partial charge on any atom is 0.0984 e. The van der Waals surface area contributed by atoms with Gasteiger partial charge >= 0.3 is 0 Å². The highest BCUT2D eigenvalue weighted by Gasteiger charge is 2.25. The fourth-order valence-corrected chi connectivity index (χ4v) is 2.70. The predicted molar refractivity (Wildman–Crippen MR) is 75.4 cm³/mol. The number of anilines is 1. The molecule has 2 unspecified atom stereocenters. The van der Waals surface area contributed by atoms with Gasteiger partial charge in [0.25, 0.3) is 0 Å². The molecule has 3 rings (SSSR count). The molecule has 0 spiro atoms. The first-order chi connectivity index (χ1) is 9.28. The molecule has 4 nitrogen and oxygen atoms in total. The first kappa shape index (κ1) is 12.4. The number of hydrogen-bond donors (Lipinski definition) is 1. The van der Waals surface area contributed by atoms with Gasteiger partial charge in [-0.25, -0.2) is 0 Å². The minimum absolute atomic E-state index is 0.0594. The van der Waals surface area contributed by atoms with Crippen LogP contribution in [0.3, 0.4) is 0 Å². The summed E-state index contributed by atoms with van der Waals surface area (Å²) < 4.78 is 5.69. The van der Waals surface area contributed by atoms with E-state index in [0.29, 0.717) is 0 Å². The van der Waals surface area contributed by atoms with Crippen molar-refractivity contribution in [1.82, 2.24) is 4.98 Å². The smallest absolute Gasteiger partial charge is 0.0984 e. The number of benzene rings is 1. The maximum absolute atomic E-state index is 9.32. The Kier molecular flexibility index (Phi) is 3.36. The Bertz CT molecular complexity index is 568. The van der Waals surface area contributed by atoms with Crippen molar-refractivity contribution in [3.05, 3.63) is 36.5 Å². The molecule has 2 aromatic rings. The van der Waals surface area contributed by atoms with Gasteiger partial charge in [-0.2, -0.15) is 0 Å². The van der Waals surface area contributed by atoms with Gasteiger partial charge in [0, 0.05) is 30.4 Å². The summed E-state index contributed by atoms with van der Waals surface area (Å²) in [5.74, 6) is 0. The second kappa shape index (κ2) is 5.15. The largest absolute Gasteiger partial charge is 0.394 e.